The van der Waals surface area contributed by atoms with Gasteiger partial charge < -0.3 is 15.7 Å². The van der Waals surface area contributed by atoms with E-state index in [1.807, 2.05) is 0 Å². The van der Waals surface area contributed by atoms with E-state index in [0.717, 1.165) is 38.5 Å². The van der Waals surface area contributed by atoms with Gasteiger partial charge >= 0.3 is 0 Å². The summed E-state index contributed by atoms with van der Waals surface area (Å²) in [4.78, 5) is 14.7. The molecule has 19 heavy (non-hydrogen) atoms. The first-order valence-corrected chi connectivity index (χ1v) is 7.54. The summed E-state index contributed by atoms with van der Waals surface area (Å²) in [6.45, 7) is 2.27. The first-order chi connectivity index (χ1) is 8.90. The second kappa shape index (κ2) is 7.20. The minimum Gasteiger partial charge on any atom is -0.393 e. The van der Waals surface area contributed by atoms with Crippen LogP contribution in [0.4, 0.5) is 0 Å². The van der Waals surface area contributed by atoms with Crippen molar-refractivity contribution in [1.29, 1.82) is 0 Å². The molecule has 0 bridgehead atoms. The fourth-order valence-electron chi connectivity index (χ4n) is 2.75. The lowest BCUT2D eigenvalue weighted by molar-refractivity contribution is -0.137. The van der Waals surface area contributed by atoms with Crippen LogP contribution in [0.3, 0.4) is 0 Å². The van der Waals surface area contributed by atoms with Crippen molar-refractivity contribution in [1.82, 2.24) is 4.90 Å². The molecule has 1 aliphatic carbocycles. The molecule has 3 N–H and O–H groups in total. The van der Waals surface area contributed by atoms with Crippen LogP contribution < -0.4 is 5.73 Å². The second-order valence-corrected chi connectivity index (χ2v) is 6.16. The maximum absolute atomic E-state index is 12.7. The van der Waals surface area contributed by atoms with Crippen LogP contribution in [0.2, 0.25) is 0 Å². The van der Waals surface area contributed by atoms with Crippen LogP contribution in [0.5, 0.6) is 0 Å². The van der Waals surface area contributed by atoms with Gasteiger partial charge in [0, 0.05) is 13.6 Å². The zero-order valence-electron chi connectivity index (χ0n) is 12.0. The quantitative estimate of drug-likeness (QED) is 0.598. The minimum atomic E-state index is -0.653. The fraction of sp³-hybridized carbons (Fsp3) is 0.857. The summed E-state index contributed by atoms with van der Waals surface area (Å²) in [5.41, 5.74) is 5.25. The van der Waals surface area contributed by atoms with Crippen molar-refractivity contribution in [2.45, 2.75) is 58.0 Å². The Hall–Kier alpha value is -0.680. The average Bonchev–Trinajstić information content (AvgIpc) is 2.61. The van der Waals surface area contributed by atoms with Crippen LogP contribution >= 0.6 is 12.2 Å². The molecule has 1 fully saturated rings. The molecule has 1 aliphatic rings. The third-order valence-electron chi connectivity index (χ3n) is 4.07. The molecule has 1 saturated carbocycles. The smallest absolute Gasteiger partial charge is 0.235 e. The molecule has 0 aromatic heterocycles. The molecule has 1 amide bonds. The molecule has 1 rings (SSSR count). The van der Waals surface area contributed by atoms with Gasteiger partial charge in [0.1, 0.15) is 0 Å². The number of hydrogen-bond donors (Lipinski definition) is 2. The number of carbonyl (C=O) groups is 1. The SMILES string of the molecule is CC(O)CCN(C)C(=O)C1(C(N)=S)CCCCCC1. The van der Waals surface area contributed by atoms with E-state index in [4.69, 9.17) is 18.0 Å². The van der Waals surface area contributed by atoms with Gasteiger partial charge in [0.05, 0.1) is 16.5 Å². The first-order valence-electron chi connectivity index (χ1n) is 7.13. The third-order valence-corrected chi connectivity index (χ3v) is 4.46. The predicted molar refractivity (Wildman–Crippen MR) is 80.9 cm³/mol. The number of thiocarbonyl (C=S) groups is 1. The zero-order valence-corrected chi connectivity index (χ0v) is 12.8. The number of nitrogens with two attached hydrogens (primary N) is 1. The van der Waals surface area contributed by atoms with E-state index in [-0.39, 0.29) is 5.91 Å². The van der Waals surface area contributed by atoms with E-state index in [2.05, 4.69) is 0 Å². The zero-order chi connectivity index (χ0) is 14.5. The van der Waals surface area contributed by atoms with Gasteiger partial charge in [-0.3, -0.25) is 4.79 Å². The van der Waals surface area contributed by atoms with Gasteiger partial charge in [-0.1, -0.05) is 37.9 Å². The Morgan fingerprint density at radius 1 is 1.37 bits per heavy atom. The van der Waals surface area contributed by atoms with E-state index in [1.54, 1.807) is 18.9 Å². The number of aliphatic hydroxyl groups is 1. The number of hydrogen-bond acceptors (Lipinski definition) is 3. The average molecular weight is 286 g/mol. The lowest BCUT2D eigenvalue weighted by atomic mass is 9.79. The number of rotatable bonds is 5. The van der Waals surface area contributed by atoms with Gasteiger partial charge in [0.25, 0.3) is 0 Å². The summed E-state index contributed by atoms with van der Waals surface area (Å²) in [6.07, 6.45) is 6.02. The van der Waals surface area contributed by atoms with Crippen molar-refractivity contribution in [3.8, 4) is 0 Å². The Kier molecular flexibility index (Phi) is 6.20. The number of aliphatic hydroxyl groups excluding tert-OH is 1. The Bertz CT molecular complexity index is 323. The van der Waals surface area contributed by atoms with Crippen molar-refractivity contribution in [2.24, 2.45) is 11.1 Å². The van der Waals surface area contributed by atoms with E-state index in [0.29, 0.717) is 18.0 Å². The summed E-state index contributed by atoms with van der Waals surface area (Å²) in [5.74, 6) is 0.0301. The Morgan fingerprint density at radius 3 is 2.32 bits per heavy atom. The van der Waals surface area contributed by atoms with Crippen molar-refractivity contribution in [3.63, 3.8) is 0 Å². The maximum Gasteiger partial charge on any atom is 0.235 e. The molecule has 0 radical (unpaired) electrons. The largest absolute Gasteiger partial charge is 0.393 e. The molecule has 1 unspecified atom stereocenters. The van der Waals surface area contributed by atoms with Crippen molar-refractivity contribution < 1.29 is 9.90 Å². The summed E-state index contributed by atoms with van der Waals surface area (Å²) >= 11 is 5.20. The van der Waals surface area contributed by atoms with Crippen LogP contribution in [0, 0.1) is 5.41 Å². The molecule has 110 valence electrons. The summed E-state index contributed by atoms with van der Waals surface area (Å²) in [7, 11) is 1.77. The van der Waals surface area contributed by atoms with Crippen molar-refractivity contribution in [2.75, 3.05) is 13.6 Å². The van der Waals surface area contributed by atoms with Gasteiger partial charge in [-0.15, -0.1) is 0 Å². The van der Waals surface area contributed by atoms with Crippen LogP contribution in [-0.4, -0.2) is 40.6 Å². The van der Waals surface area contributed by atoms with Gasteiger partial charge in [0.2, 0.25) is 5.91 Å². The van der Waals surface area contributed by atoms with E-state index in [9.17, 15) is 9.90 Å². The monoisotopic (exact) mass is 286 g/mol. The number of carbonyl (C=O) groups excluding carboxylic acids is 1. The Labute approximate surface area is 121 Å². The lowest BCUT2D eigenvalue weighted by Gasteiger charge is -2.34. The van der Waals surface area contributed by atoms with E-state index < -0.39 is 11.5 Å². The van der Waals surface area contributed by atoms with Gasteiger partial charge in [-0.25, -0.2) is 0 Å². The topological polar surface area (TPSA) is 66.6 Å². The maximum atomic E-state index is 12.7. The number of nitrogens with zero attached hydrogens (tertiary/aromatic N) is 1. The van der Waals surface area contributed by atoms with Crippen LogP contribution in [0.25, 0.3) is 0 Å². The Morgan fingerprint density at radius 2 is 1.89 bits per heavy atom. The highest BCUT2D eigenvalue weighted by atomic mass is 32.1. The van der Waals surface area contributed by atoms with E-state index in [1.165, 1.54) is 0 Å². The second-order valence-electron chi connectivity index (χ2n) is 5.72. The van der Waals surface area contributed by atoms with E-state index >= 15 is 0 Å². The van der Waals surface area contributed by atoms with Crippen LogP contribution in [-0.2, 0) is 4.79 Å². The molecule has 0 heterocycles. The molecule has 0 spiro atoms. The summed E-state index contributed by atoms with van der Waals surface area (Å²) in [5, 5.41) is 9.32. The standard InChI is InChI=1S/C14H26N2O2S/c1-11(17)7-10-16(2)13(18)14(12(15)19)8-5-3-4-6-9-14/h11,17H,3-10H2,1-2H3,(H2,15,19). The van der Waals surface area contributed by atoms with Crippen LogP contribution in [0.15, 0.2) is 0 Å². The molecule has 0 saturated heterocycles. The number of amides is 1. The first kappa shape index (κ1) is 16.4. The fourth-order valence-corrected chi connectivity index (χ4v) is 3.04. The van der Waals surface area contributed by atoms with Gasteiger partial charge in [0.15, 0.2) is 0 Å². The summed E-state index contributed by atoms with van der Waals surface area (Å²) < 4.78 is 0. The summed E-state index contributed by atoms with van der Waals surface area (Å²) in [6, 6.07) is 0. The molecule has 0 aliphatic heterocycles. The predicted octanol–water partition coefficient (Wildman–Crippen LogP) is 1.84. The highest BCUT2D eigenvalue weighted by Crippen LogP contribution is 2.37. The van der Waals surface area contributed by atoms with Crippen LogP contribution in [0.1, 0.15) is 51.9 Å². The van der Waals surface area contributed by atoms with Crippen molar-refractivity contribution >= 4 is 23.1 Å². The van der Waals surface area contributed by atoms with Gasteiger partial charge in [-0.2, -0.15) is 0 Å². The molecule has 4 nitrogen and oxygen atoms in total. The molecular formula is C14H26N2O2S. The van der Waals surface area contributed by atoms with Crippen molar-refractivity contribution in [3.05, 3.63) is 0 Å². The molecule has 5 heteroatoms. The highest BCUT2D eigenvalue weighted by Gasteiger charge is 2.42. The molecular weight excluding hydrogens is 260 g/mol. The van der Waals surface area contributed by atoms with Gasteiger partial charge in [-0.05, 0) is 26.2 Å². The Balaban J connectivity index is 2.79. The minimum absolute atomic E-state index is 0.0301. The lowest BCUT2D eigenvalue weighted by Crippen LogP contribution is -2.49. The third kappa shape index (κ3) is 4.14. The highest BCUT2D eigenvalue weighted by molar-refractivity contribution is 7.80. The normalized spacial score (nSPS) is 20.4. The molecule has 0 aromatic rings. The molecule has 0 aromatic carbocycles. The molecule has 1 atom stereocenters.